The molecule has 2 heterocycles. The average Bonchev–Trinajstić information content (AvgIpc) is 2.88. The normalized spacial score (nSPS) is 17.3. The molecule has 2 aliphatic rings. The molecular weight excluding hydrogens is 485 g/mol. The van der Waals surface area contributed by atoms with Crippen molar-refractivity contribution < 1.29 is 18.7 Å². The van der Waals surface area contributed by atoms with Gasteiger partial charge in [-0.2, -0.15) is 0 Å². The second-order valence-corrected chi connectivity index (χ2v) is 11.2. The first-order valence-corrected chi connectivity index (χ1v) is 13.4. The molecule has 1 N–H and O–H groups in total. The largest absolute Gasteiger partial charge is 0.444 e. The summed E-state index contributed by atoms with van der Waals surface area (Å²) in [5.41, 5.74) is 2.32. The van der Waals surface area contributed by atoms with Gasteiger partial charge in [0.15, 0.2) is 0 Å². The van der Waals surface area contributed by atoms with Crippen LogP contribution in [0.1, 0.15) is 39.2 Å². The van der Waals surface area contributed by atoms with Crippen LogP contribution in [0.25, 0.3) is 0 Å². The Labute approximate surface area is 225 Å². The Morgan fingerprint density at radius 1 is 0.974 bits per heavy atom. The van der Waals surface area contributed by atoms with E-state index >= 15 is 0 Å². The first-order valence-electron chi connectivity index (χ1n) is 13.4. The Balaban J connectivity index is 1.22. The molecular formula is C29H40FN5O3. The lowest BCUT2D eigenvalue weighted by atomic mass is 10.0. The fourth-order valence-corrected chi connectivity index (χ4v) is 4.85. The lowest BCUT2D eigenvalue weighted by Crippen LogP contribution is -2.49. The average molecular weight is 526 g/mol. The zero-order valence-electron chi connectivity index (χ0n) is 23.0. The Hall–Kier alpha value is -3.33. The number of carbonyl (C=O) groups is 2. The van der Waals surface area contributed by atoms with Gasteiger partial charge in [0.2, 0.25) is 0 Å². The summed E-state index contributed by atoms with van der Waals surface area (Å²) in [4.78, 5) is 33.1. The number of rotatable bonds is 5. The van der Waals surface area contributed by atoms with Crippen LogP contribution in [-0.2, 0) is 11.3 Å². The Bertz CT molecular complexity index is 1090. The first-order chi connectivity index (χ1) is 18.1. The molecule has 0 bridgehead atoms. The van der Waals surface area contributed by atoms with E-state index in [1.165, 1.54) is 17.7 Å². The maximum absolute atomic E-state index is 13.4. The zero-order valence-corrected chi connectivity index (χ0v) is 23.0. The summed E-state index contributed by atoms with van der Waals surface area (Å²) >= 11 is 0. The standard InChI is InChI=1S/C29H40FN5O3/c1-29(2,3)38-28(37)35-18-16-33(17-19-35)21-22-8-10-26(11-9-22)32(4)27(36)34-14-12-24(13-15-34)31-25-7-5-6-23(30)20-25/h5-11,20,24,31H,12-19,21H2,1-4H3. The summed E-state index contributed by atoms with van der Waals surface area (Å²) < 4.78 is 18.9. The summed E-state index contributed by atoms with van der Waals surface area (Å²) in [7, 11) is 1.81. The van der Waals surface area contributed by atoms with E-state index in [0.29, 0.717) is 26.2 Å². The van der Waals surface area contributed by atoms with Crippen molar-refractivity contribution in [3.63, 3.8) is 0 Å². The molecule has 0 saturated carbocycles. The fraction of sp³-hybridized carbons (Fsp3) is 0.517. The van der Waals surface area contributed by atoms with Crippen LogP contribution in [0.5, 0.6) is 0 Å². The number of hydrogen-bond donors (Lipinski definition) is 1. The minimum absolute atomic E-state index is 0.0137. The van der Waals surface area contributed by atoms with Crippen molar-refractivity contribution in [3.8, 4) is 0 Å². The number of nitrogens with zero attached hydrogens (tertiary/aromatic N) is 4. The summed E-state index contributed by atoms with van der Waals surface area (Å²) in [5, 5.41) is 3.38. The van der Waals surface area contributed by atoms with Gasteiger partial charge in [0.1, 0.15) is 11.4 Å². The van der Waals surface area contributed by atoms with Crippen molar-refractivity contribution in [1.82, 2.24) is 14.7 Å². The van der Waals surface area contributed by atoms with Crippen LogP contribution in [0.15, 0.2) is 48.5 Å². The molecule has 0 aliphatic carbocycles. The van der Waals surface area contributed by atoms with Gasteiger partial charge in [-0.15, -0.1) is 0 Å². The van der Waals surface area contributed by atoms with E-state index in [-0.39, 0.29) is 24.0 Å². The molecule has 0 radical (unpaired) electrons. The monoisotopic (exact) mass is 525 g/mol. The number of hydrogen-bond acceptors (Lipinski definition) is 5. The molecule has 0 spiro atoms. The van der Waals surface area contributed by atoms with Crippen LogP contribution in [0, 0.1) is 5.82 Å². The SMILES string of the molecule is CN(C(=O)N1CCC(Nc2cccc(F)c2)CC1)c1ccc(CN2CCN(C(=O)OC(C)(C)C)CC2)cc1. The van der Waals surface area contributed by atoms with Crippen molar-refractivity contribution >= 4 is 23.5 Å². The number of carbonyl (C=O) groups excluding carboxylic acids is 2. The predicted molar refractivity (Wildman–Crippen MR) is 148 cm³/mol. The molecule has 2 fully saturated rings. The van der Waals surface area contributed by atoms with E-state index in [0.717, 1.165) is 43.9 Å². The smallest absolute Gasteiger partial charge is 0.410 e. The van der Waals surface area contributed by atoms with E-state index in [9.17, 15) is 14.0 Å². The third-order valence-corrected chi connectivity index (χ3v) is 7.00. The second kappa shape index (κ2) is 12.0. The topological polar surface area (TPSA) is 68.4 Å². The molecule has 38 heavy (non-hydrogen) atoms. The van der Waals surface area contributed by atoms with Gasteiger partial charge < -0.3 is 19.9 Å². The van der Waals surface area contributed by atoms with Crippen molar-refractivity contribution in [1.29, 1.82) is 0 Å². The first kappa shape index (κ1) is 27.7. The van der Waals surface area contributed by atoms with E-state index < -0.39 is 5.60 Å². The Kier molecular flexibility index (Phi) is 8.76. The van der Waals surface area contributed by atoms with Crippen molar-refractivity contribution in [3.05, 3.63) is 59.9 Å². The van der Waals surface area contributed by atoms with E-state index in [4.69, 9.17) is 4.74 Å². The molecule has 0 aromatic heterocycles. The number of benzene rings is 2. The second-order valence-electron chi connectivity index (χ2n) is 11.2. The molecule has 2 aromatic carbocycles. The molecule has 0 unspecified atom stereocenters. The lowest BCUT2D eigenvalue weighted by molar-refractivity contribution is 0.0139. The highest BCUT2D eigenvalue weighted by molar-refractivity contribution is 5.91. The van der Waals surface area contributed by atoms with Crippen LogP contribution >= 0.6 is 0 Å². The summed E-state index contributed by atoms with van der Waals surface area (Å²) in [5.74, 6) is -0.254. The third-order valence-electron chi connectivity index (χ3n) is 7.00. The van der Waals surface area contributed by atoms with Gasteiger partial charge in [-0.05, 0) is 69.5 Å². The third kappa shape index (κ3) is 7.60. The summed E-state index contributed by atoms with van der Waals surface area (Å²) in [6.45, 7) is 10.6. The molecule has 9 heteroatoms. The molecule has 2 aliphatic heterocycles. The van der Waals surface area contributed by atoms with Gasteiger partial charge in [0.05, 0.1) is 0 Å². The molecule has 3 amide bonds. The molecule has 2 saturated heterocycles. The maximum Gasteiger partial charge on any atom is 0.410 e. The van der Waals surface area contributed by atoms with Crippen LogP contribution in [0.2, 0.25) is 0 Å². The zero-order chi connectivity index (χ0) is 27.3. The number of ether oxygens (including phenoxy) is 1. The number of halogens is 1. The fourth-order valence-electron chi connectivity index (χ4n) is 4.85. The number of nitrogens with one attached hydrogen (secondary N) is 1. The number of amides is 3. The van der Waals surface area contributed by atoms with Crippen molar-refractivity contribution in [2.24, 2.45) is 0 Å². The van der Waals surface area contributed by atoms with Crippen LogP contribution in [0.4, 0.5) is 25.4 Å². The van der Waals surface area contributed by atoms with E-state index in [2.05, 4.69) is 22.3 Å². The molecule has 0 atom stereocenters. The minimum atomic E-state index is -0.484. The van der Waals surface area contributed by atoms with Gasteiger partial charge in [0.25, 0.3) is 0 Å². The number of piperazine rings is 1. The van der Waals surface area contributed by atoms with Gasteiger partial charge in [0, 0.05) is 70.3 Å². The van der Waals surface area contributed by atoms with E-state index in [1.54, 1.807) is 15.9 Å². The van der Waals surface area contributed by atoms with Gasteiger partial charge in [-0.3, -0.25) is 9.80 Å². The number of likely N-dealkylation sites (tertiary alicyclic amines) is 1. The summed E-state index contributed by atoms with van der Waals surface area (Å²) in [6.07, 6.45) is 1.38. The van der Waals surface area contributed by atoms with Crippen LogP contribution in [0.3, 0.4) is 0 Å². The summed E-state index contributed by atoms with van der Waals surface area (Å²) in [6, 6.07) is 14.8. The Morgan fingerprint density at radius 2 is 1.63 bits per heavy atom. The number of piperidine rings is 1. The quantitative estimate of drug-likeness (QED) is 0.594. The van der Waals surface area contributed by atoms with Crippen molar-refractivity contribution in [2.45, 2.75) is 51.8 Å². The van der Waals surface area contributed by atoms with Gasteiger partial charge >= 0.3 is 12.1 Å². The highest BCUT2D eigenvalue weighted by atomic mass is 19.1. The van der Waals surface area contributed by atoms with Crippen LogP contribution in [-0.4, -0.2) is 84.8 Å². The van der Waals surface area contributed by atoms with E-state index in [1.807, 2.05) is 50.9 Å². The van der Waals surface area contributed by atoms with Gasteiger partial charge in [-0.25, -0.2) is 14.0 Å². The maximum atomic E-state index is 13.4. The molecule has 206 valence electrons. The molecule has 2 aromatic rings. The minimum Gasteiger partial charge on any atom is -0.444 e. The number of anilines is 2. The van der Waals surface area contributed by atoms with Crippen molar-refractivity contribution in [2.75, 3.05) is 56.5 Å². The predicted octanol–water partition coefficient (Wildman–Crippen LogP) is 5.01. The highest BCUT2D eigenvalue weighted by Gasteiger charge is 2.27. The molecule has 8 nitrogen and oxygen atoms in total. The highest BCUT2D eigenvalue weighted by Crippen LogP contribution is 2.21. The lowest BCUT2D eigenvalue weighted by Gasteiger charge is -2.36. The molecule has 4 rings (SSSR count). The number of urea groups is 1. The van der Waals surface area contributed by atoms with Gasteiger partial charge in [-0.1, -0.05) is 18.2 Å². The Morgan fingerprint density at radius 3 is 2.24 bits per heavy atom. The van der Waals surface area contributed by atoms with Crippen LogP contribution < -0.4 is 10.2 Å².